The first-order chi connectivity index (χ1) is 14.9. The minimum Gasteiger partial charge on any atom is -0.497 e. The Morgan fingerprint density at radius 1 is 0.935 bits per heavy atom. The van der Waals surface area contributed by atoms with Crippen molar-refractivity contribution in [2.75, 3.05) is 19.0 Å². The molecule has 3 nitrogen and oxygen atoms in total. The molecule has 158 valence electrons. The van der Waals surface area contributed by atoms with Gasteiger partial charge in [0.25, 0.3) is 0 Å². The zero-order valence-electron chi connectivity index (χ0n) is 16.6. The van der Waals surface area contributed by atoms with Crippen molar-refractivity contribution in [1.29, 1.82) is 0 Å². The molecule has 0 bridgehead atoms. The topological polar surface area (TPSA) is 34.1 Å². The van der Waals surface area contributed by atoms with Gasteiger partial charge >= 0.3 is 6.18 Å². The maximum absolute atomic E-state index is 12.3. The molecule has 0 aliphatic carbocycles. The number of ether oxygens (including phenoxy) is 1. The largest absolute Gasteiger partial charge is 0.497 e. The summed E-state index contributed by atoms with van der Waals surface area (Å²) in [6, 6.07) is 20.7. The van der Waals surface area contributed by atoms with E-state index in [4.69, 9.17) is 4.74 Å². The number of hydrogen-bond acceptors (Lipinski definition) is 4. The van der Waals surface area contributed by atoms with Crippen LogP contribution in [0.5, 0.6) is 5.75 Å². The molecule has 0 spiro atoms. The van der Waals surface area contributed by atoms with Crippen molar-refractivity contribution in [3.8, 4) is 16.3 Å². The molecule has 0 aliphatic heterocycles. The molecular formula is C24H19F3N2OS. The van der Waals surface area contributed by atoms with Crippen LogP contribution in [0.2, 0.25) is 0 Å². The van der Waals surface area contributed by atoms with E-state index in [2.05, 4.69) is 10.3 Å². The molecule has 7 heteroatoms. The molecular weight excluding hydrogens is 421 g/mol. The molecule has 1 heterocycles. The number of halogens is 3. The van der Waals surface area contributed by atoms with Gasteiger partial charge in [-0.15, -0.1) is 11.3 Å². The van der Waals surface area contributed by atoms with Crippen molar-refractivity contribution in [3.63, 3.8) is 0 Å². The third-order valence-electron chi connectivity index (χ3n) is 4.63. The summed E-state index contributed by atoms with van der Waals surface area (Å²) < 4.78 is 43.2. The summed E-state index contributed by atoms with van der Waals surface area (Å²) >= 11 is 1.62. The fourth-order valence-electron chi connectivity index (χ4n) is 3.00. The van der Waals surface area contributed by atoms with Crippen molar-refractivity contribution < 1.29 is 17.9 Å². The lowest BCUT2D eigenvalue weighted by Crippen LogP contribution is -2.21. The van der Waals surface area contributed by atoms with E-state index >= 15 is 0 Å². The average Bonchev–Trinajstić information content (AvgIpc) is 3.20. The Morgan fingerprint density at radius 3 is 2.19 bits per heavy atom. The van der Waals surface area contributed by atoms with Crippen LogP contribution in [0.15, 0.2) is 66.7 Å². The van der Waals surface area contributed by atoms with Crippen LogP contribution < -0.4 is 10.1 Å². The fraction of sp³-hybridized carbons (Fsp3) is 0.125. The Kier molecular flexibility index (Phi) is 5.95. The monoisotopic (exact) mass is 440 g/mol. The number of nitrogens with zero attached hydrogens (tertiary/aromatic N) is 1. The number of hydrogen-bond donors (Lipinski definition) is 1. The van der Waals surface area contributed by atoms with Gasteiger partial charge in [-0.3, -0.25) is 0 Å². The third-order valence-corrected chi connectivity index (χ3v) is 5.69. The highest BCUT2D eigenvalue weighted by molar-refractivity contribution is 7.21. The summed E-state index contributed by atoms with van der Waals surface area (Å²) in [4.78, 5) is 4.69. The molecule has 4 aromatic rings. The number of alkyl halides is 3. The van der Waals surface area contributed by atoms with Gasteiger partial charge in [0.1, 0.15) is 17.3 Å². The summed E-state index contributed by atoms with van der Waals surface area (Å²) in [5.41, 5.74) is 4.34. The zero-order chi connectivity index (χ0) is 21.8. The molecule has 31 heavy (non-hydrogen) atoms. The molecule has 3 aromatic carbocycles. The first-order valence-corrected chi connectivity index (χ1v) is 10.3. The van der Waals surface area contributed by atoms with Gasteiger partial charge in [-0.1, -0.05) is 48.6 Å². The van der Waals surface area contributed by atoms with Gasteiger partial charge in [0, 0.05) is 11.3 Å². The second kappa shape index (κ2) is 8.81. The molecule has 0 radical (unpaired) electrons. The van der Waals surface area contributed by atoms with Gasteiger partial charge < -0.3 is 10.1 Å². The smallest absolute Gasteiger partial charge is 0.405 e. The highest BCUT2D eigenvalue weighted by Crippen LogP contribution is 2.32. The number of nitrogens with one attached hydrogen (secondary N) is 1. The van der Waals surface area contributed by atoms with Crippen LogP contribution in [0.1, 0.15) is 11.1 Å². The maximum atomic E-state index is 12.3. The first-order valence-electron chi connectivity index (χ1n) is 9.53. The van der Waals surface area contributed by atoms with Crippen LogP contribution in [-0.2, 0) is 0 Å². The van der Waals surface area contributed by atoms with Crippen molar-refractivity contribution in [2.45, 2.75) is 6.18 Å². The normalized spacial score (nSPS) is 11.9. The molecule has 1 N–H and O–H groups in total. The Balaban J connectivity index is 1.43. The standard InChI is InChI=1S/C24H19F3N2OS/c1-30-20-12-13-21-22(14-20)31-23(29-21)18-8-4-16(5-9-18)2-3-17-6-10-19(11-7-17)28-15-24(25,26)27/h2-14,28H,15H2,1H3/b3-2+. The second-order valence-corrected chi connectivity index (χ2v) is 7.93. The van der Waals surface area contributed by atoms with Gasteiger partial charge in [0.2, 0.25) is 0 Å². The molecule has 0 aliphatic rings. The number of methoxy groups -OCH3 is 1. The number of benzene rings is 3. The van der Waals surface area contributed by atoms with Crippen molar-refractivity contribution in [3.05, 3.63) is 77.9 Å². The summed E-state index contributed by atoms with van der Waals surface area (Å²) in [6.07, 6.45) is -0.347. The number of anilines is 1. The Bertz CT molecular complexity index is 1200. The van der Waals surface area contributed by atoms with Crippen LogP contribution >= 0.6 is 11.3 Å². The molecule has 0 atom stereocenters. The SMILES string of the molecule is COc1ccc2nc(-c3ccc(/C=C/c4ccc(NCC(F)(F)F)cc4)cc3)sc2c1. The minimum atomic E-state index is -4.23. The summed E-state index contributed by atoms with van der Waals surface area (Å²) in [5.74, 6) is 0.812. The van der Waals surface area contributed by atoms with E-state index in [0.29, 0.717) is 5.69 Å². The lowest BCUT2D eigenvalue weighted by Gasteiger charge is -2.09. The predicted octanol–water partition coefficient (Wildman–Crippen LogP) is 7.12. The number of fused-ring (bicyclic) bond motifs is 1. The number of aromatic nitrogens is 1. The number of rotatable bonds is 6. The van der Waals surface area contributed by atoms with Gasteiger partial charge in [-0.05, 0) is 41.5 Å². The van der Waals surface area contributed by atoms with Crippen LogP contribution in [0.3, 0.4) is 0 Å². The van der Waals surface area contributed by atoms with Crippen LogP contribution in [0, 0.1) is 0 Å². The van der Waals surface area contributed by atoms with Crippen LogP contribution in [-0.4, -0.2) is 24.8 Å². The fourth-order valence-corrected chi connectivity index (χ4v) is 4.00. The molecule has 1 aromatic heterocycles. The van der Waals surface area contributed by atoms with E-state index in [1.54, 1.807) is 42.7 Å². The highest BCUT2D eigenvalue weighted by atomic mass is 32.1. The lowest BCUT2D eigenvalue weighted by atomic mass is 10.1. The molecule has 0 amide bonds. The Morgan fingerprint density at radius 2 is 1.58 bits per heavy atom. The quantitative estimate of drug-likeness (QED) is 0.324. The van der Waals surface area contributed by atoms with E-state index in [1.807, 2.05) is 54.6 Å². The number of thiazole rings is 1. The van der Waals surface area contributed by atoms with Gasteiger partial charge in [0.15, 0.2) is 0 Å². The van der Waals surface area contributed by atoms with Crippen molar-refractivity contribution >= 4 is 39.4 Å². The van der Waals surface area contributed by atoms with E-state index in [9.17, 15) is 13.2 Å². The van der Waals surface area contributed by atoms with E-state index < -0.39 is 12.7 Å². The minimum absolute atomic E-state index is 0.437. The molecule has 0 saturated heterocycles. The van der Waals surface area contributed by atoms with Crippen LogP contribution in [0.4, 0.5) is 18.9 Å². The van der Waals surface area contributed by atoms with Gasteiger partial charge in [-0.2, -0.15) is 13.2 Å². The summed E-state index contributed by atoms with van der Waals surface area (Å²) in [5, 5.41) is 3.31. The predicted molar refractivity (Wildman–Crippen MR) is 122 cm³/mol. The van der Waals surface area contributed by atoms with Crippen LogP contribution in [0.25, 0.3) is 32.9 Å². The van der Waals surface area contributed by atoms with Crippen molar-refractivity contribution in [1.82, 2.24) is 4.98 Å². The lowest BCUT2D eigenvalue weighted by molar-refractivity contribution is -0.115. The van der Waals surface area contributed by atoms with Gasteiger partial charge in [0.05, 0.1) is 17.3 Å². The van der Waals surface area contributed by atoms with Gasteiger partial charge in [-0.25, -0.2) is 4.98 Å². The third kappa shape index (κ3) is 5.44. The van der Waals surface area contributed by atoms with E-state index in [-0.39, 0.29) is 0 Å². The van der Waals surface area contributed by atoms with E-state index in [1.165, 1.54) is 0 Å². The summed E-state index contributed by atoms with van der Waals surface area (Å²) in [6.45, 7) is -1.04. The molecule has 4 rings (SSSR count). The molecule has 0 unspecified atom stereocenters. The Hall–Kier alpha value is -3.32. The summed E-state index contributed by atoms with van der Waals surface area (Å²) in [7, 11) is 1.65. The van der Waals surface area contributed by atoms with E-state index in [0.717, 1.165) is 37.7 Å². The highest BCUT2D eigenvalue weighted by Gasteiger charge is 2.26. The van der Waals surface area contributed by atoms with Crippen molar-refractivity contribution in [2.24, 2.45) is 0 Å². The maximum Gasteiger partial charge on any atom is 0.405 e. The average molecular weight is 440 g/mol. The Labute approximate surface area is 181 Å². The molecule has 0 fully saturated rings. The second-order valence-electron chi connectivity index (χ2n) is 6.90. The first kappa shape index (κ1) is 20.9. The zero-order valence-corrected chi connectivity index (χ0v) is 17.4. The molecule has 0 saturated carbocycles.